The first-order chi connectivity index (χ1) is 14.1. The Morgan fingerprint density at radius 2 is 1.90 bits per heavy atom. The molecule has 2 fully saturated rings. The average Bonchev–Trinajstić information content (AvgIpc) is 3.41. The van der Waals surface area contributed by atoms with Crippen molar-refractivity contribution in [3.8, 4) is 5.75 Å². The molecule has 1 saturated heterocycles. The number of benzene rings is 1. The van der Waals surface area contributed by atoms with Crippen molar-refractivity contribution in [2.45, 2.75) is 63.3 Å². The number of rotatable bonds is 5. The summed E-state index contributed by atoms with van der Waals surface area (Å²) in [5, 5.41) is 7.39. The molecular formula is C22H30N4O2S. The standard InChI is InChI=1S/C22H30N4O2S/c1-3-26-19(23-24-21(26)29)16-10-14-25(15-11-16)20(27)22(12-4-5-13-22)17-6-8-18(28-2)9-7-17/h6-9,16H,3-5,10-15H2,1-2H3,(H,24,29). The fourth-order valence-corrected chi connectivity index (χ4v) is 5.37. The fraction of sp³-hybridized carbons (Fsp3) is 0.591. The normalized spacial score (nSPS) is 19.4. The molecule has 0 bridgehead atoms. The second kappa shape index (κ2) is 8.30. The maximum absolute atomic E-state index is 13.7. The number of piperidine rings is 1. The summed E-state index contributed by atoms with van der Waals surface area (Å²) in [5.74, 6) is 2.52. The van der Waals surface area contributed by atoms with Crippen molar-refractivity contribution in [3.63, 3.8) is 0 Å². The van der Waals surface area contributed by atoms with E-state index in [0.717, 1.165) is 75.3 Å². The second-order valence-electron chi connectivity index (χ2n) is 8.22. The lowest BCUT2D eigenvalue weighted by Crippen LogP contribution is -2.48. The minimum atomic E-state index is -0.372. The minimum absolute atomic E-state index is 0.299. The fourth-order valence-electron chi connectivity index (χ4n) is 5.11. The van der Waals surface area contributed by atoms with Crippen LogP contribution in [-0.4, -0.2) is 45.8 Å². The van der Waals surface area contributed by atoms with E-state index in [2.05, 4.69) is 38.7 Å². The van der Waals surface area contributed by atoms with Gasteiger partial charge in [0.15, 0.2) is 4.77 Å². The first-order valence-electron chi connectivity index (χ1n) is 10.7. The second-order valence-corrected chi connectivity index (χ2v) is 8.60. The van der Waals surface area contributed by atoms with Gasteiger partial charge < -0.3 is 14.2 Å². The van der Waals surface area contributed by atoms with Crippen molar-refractivity contribution in [2.75, 3.05) is 20.2 Å². The zero-order valence-electron chi connectivity index (χ0n) is 17.3. The summed E-state index contributed by atoms with van der Waals surface area (Å²) in [6.07, 6.45) is 5.96. The highest BCUT2D eigenvalue weighted by Crippen LogP contribution is 2.44. The van der Waals surface area contributed by atoms with Crippen LogP contribution < -0.4 is 4.74 Å². The molecule has 1 aliphatic carbocycles. The first kappa shape index (κ1) is 20.1. The van der Waals surface area contributed by atoms with Crippen molar-refractivity contribution in [1.82, 2.24) is 19.7 Å². The van der Waals surface area contributed by atoms with Crippen LogP contribution in [0, 0.1) is 4.77 Å². The molecule has 0 radical (unpaired) electrons. The Morgan fingerprint density at radius 3 is 2.48 bits per heavy atom. The molecule has 1 N–H and O–H groups in total. The van der Waals surface area contributed by atoms with Gasteiger partial charge in [-0.25, -0.2) is 0 Å². The Bertz CT molecular complexity index is 904. The smallest absolute Gasteiger partial charge is 0.233 e. The van der Waals surface area contributed by atoms with Gasteiger partial charge >= 0.3 is 0 Å². The van der Waals surface area contributed by atoms with E-state index in [9.17, 15) is 4.79 Å². The van der Waals surface area contributed by atoms with Crippen LogP contribution in [0.2, 0.25) is 0 Å². The molecular weight excluding hydrogens is 384 g/mol. The van der Waals surface area contributed by atoms with Gasteiger partial charge in [-0.2, -0.15) is 5.10 Å². The lowest BCUT2D eigenvalue weighted by atomic mass is 9.77. The first-order valence-corrected chi connectivity index (χ1v) is 11.1. The van der Waals surface area contributed by atoms with Crippen molar-refractivity contribution in [3.05, 3.63) is 40.4 Å². The lowest BCUT2D eigenvalue weighted by Gasteiger charge is -2.38. The summed E-state index contributed by atoms with van der Waals surface area (Å²) >= 11 is 5.34. The van der Waals surface area contributed by atoms with Gasteiger partial charge in [0.1, 0.15) is 11.6 Å². The van der Waals surface area contributed by atoms with Crippen LogP contribution in [0.1, 0.15) is 62.8 Å². The number of likely N-dealkylation sites (tertiary alicyclic amines) is 1. The third kappa shape index (κ3) is 3.61. The Balaban J connectivity index is 1.50. The number of methoxy groups -OCH3 is 1. The van der Waals surface area contributed by atoms with Gasteiger partial charge in [-0.05, 0) is 62.5 Å². The number of H-pyrrole nitrogens is 1. The number of aromatic amines is 1. The predicted octanol–water partition coefficient (Wildman–Crippen LogP) is 4.19. The number of aromatic nitrogens is 3. The van der Waals surface area contributed by atoms with Crippen molar-refractivity contribution >= 4 is 18.1 Å². The van der Waals surface area contributed by atoms with Gasteiger partial charge in [0, 0.05) is 25.6 Å². The quantitative estimate of drug-likeness (QED) is 0.746. The van der Waals surface area contributed by atoms with E-state index in [4.69, 9.17) is 17.0 Å². The Morgan fingerprint density at radius 1 is 1.24 bits per heavy atom. The number of carbonyl (C=O) groups is 1. The molecule has 0 unspecified atom stereocenters. The molecule has 7 heteroatoms. The lowest BCUT2D eigenvalue weighted by molar-refractivity contribution is -0.138. The number of ether oxygens (including phenoxy) is 1. The molecule has 29 heavy (non-hydrogen) atoms. The van der Waals surface area contributed by atoms with Gasteiger partial charge in [0.05, 0.1) is 12.5 Å². The summed E-state index contributed by atoms with van der Waals surface area (Å²) in [7, 11) is 1.67. The van der Waals surface area contributed by atoms with Gasteiger partial charge in [-0.1, -0.05) is 25.0 Å². The van der Waals surface area contributed by atoms with Gasteiger partial charge in [-0.15, -0.1) is 0 Å². The van der Waals surface area contributed by atoms with E-state index in [0.29, 0.717) is 16.6 Å². The molecule has 1 aromatic heterocycles. The molecule has 4 rings (SSSR count). The van der Waals surface area contributed by atoms with Crippen LogP contribution in [-0.2, 0) is 16.8 Å². The topological polar surface area (TPSA) is 63.1 Å². The van der Waals surface area contributed by atoms with Crippen molar-refractivity contribution in [2.24, 2.45) is 0 Å². The molecule has 2 aromatic rings. The third-order valence-electron chi connectivity index (χ3n) is 6.76. The van der Waals surface area contributed by atoms with E-state index in [-0.39, 0.29) is 5.41 Å². The zero-order chi connectivity index (χ0) is 20.4. The molecule has 1 amide bonds. The van der Waals surface area contributed by atoms with Crippen LogP contribution in [0.5, 0.6) is 5.75 Å². The van der Waals surface area contributed by atoms with E-state index in [1.807, 2.05) is 12.1 Å². The van der Waals surface area contributed by atoms with E-state index < -0.39 is 0 Å². The predicted molar refractivity (Wildman–Crippen MR) is 115 cm³/mol. The zero-order valence-corrected chi connectivity index (χ0v) is 18.1. The number of hydrogen-bond donors (Lipinski definition) is 1. The summed E-state index contributed by atoms with van der Waals surface area (Å²) in [5.41, 5.74) is 0.762. The van der Waals surface area contributed by atoms with E-state index in [1.165, 1.54) is 0 Å². The molecule has 2 heterocycles. The Labute approximate surface area is 177 Å². The molecule has 0 spiro atoms. The van der Waals surface area contributed by atoms with E-state index >= 15 is 0 Å². The number of carbonyl (C=O) groups excluding carboxylic acids is 1. The Hall–Kier alpha value is -2.15. The van der Waals surface area contributed by atoms with Crippen molar-refractivity contribution < 1.29 is 9.53 Å². The highest BCUT2D eigenvalue weighted by Gasteiger charge is 2.45. The third-order valence-corrected chi connectivity index (χ3v) is 7.07. The molecule has 1 aromatic carbocycles. The number of nitrogens with one attached hydrogen (secondary N) is 1. The molecule has 2 aliphatic rings. The summed E-state index contributed by atoms with van der Waals surface area (Å²) in [4.78, 5) is 15.8. The van der Waals surface area contributed by atoms with Crippen LogP contribution in [0.25, 0.3) is 0 Å². The van der Waals surface area contributed by atoms with Gasteiger partial charge in [0.25, 0.3) is 0 Å². The van der Waals surface area contributed by atoms with Crippen LogP contribution in [0.15, 0.2) is 24.3 Å². The average molecular weight is 415 g/mol. The van der Waals surface area contributed by atoms with Gasteiger partial charge in [0.2, 0.25) is 5.91 Å². The molecule has 1 aliphatic heterocycles. The molecule has 6 nitrogen and oxygen atoms in total. The van der Waals surface area contributed by atoms with Crippen LogP contribution in [0.3, 0.4) is 0 Å². The molecule has 1 saturated carbocycles. The number of amides is 1. The summed E-state index contributed by atoms with van der Waals surface area (Å²) in [6, 6.07) is 8.10. The van der Waals surface area contributed by atoms with Crippen LogP contribution in [0.4, 0.5) is 0 Å². The highest BCUT2D eigenvalue weighted by molar-refractivity contribution is 7.71. The summed E-state index contributed by atoms with van der Waals surface area (Å²) < 4.78 is 8.06. The summed E-state index contributed by atoms with van der Waals surface area (Å²) in [6.45, 7) is 4.48. The number of hydrogen-bond acceptors (Lipinski definition) is 4. The largest absolute Gasteiger partial charge is 0.497 e. The SMILES string of the molecule is CCn1c(C2CCN(C(=O)C3(c4ccc(OC)cc4)CCCC3)CC2)n[nH]c1=S. The number of nitrogens with zero attached hydrogens (tertiary/aromatic N) is 3. The molecule has 0 atom stereocenters. The minimum Gasteiger partial charge on any atom is -0.497 e. The Kier molecular flexibility index (Phi) is 5.76. The van der Waals surface area contributed by atoms with Crippen molar-refractivity contribution in [1.29, 1.82) is 0 Å². The van der Waals surface area contributed by atoms with E-state index in [1.54, 1.807) is 7.11 Å². The van der Waals surface area contributed by atoms with Crippen LogP contribution >= 0.6 is 12.2 Å². The maximum atomic E-state index is 13.7. The van der Waals surface area contributed by atoms with Gasteiger partial charge in [-0.3, -0.25) is 9.89 Å². The maximum Gasteiger partial charge on any atom is 0.233 e. The monoisotopic (exact) mass is 414 g/mol. The molecule has 156 valence electrons. The highest BCUT2D eigenvalue weighted by atomic mass is 32.1.